The van der Waals surface area contributed by atoms with E-state index in [1.807, 2.05) is 36.4 Å². The quantitative estimate of drug-likeness (QED) is 0.598. The summed E-state index contributed by atoms with van der Waals surface area (Å²) in [5, 5.41) is 14.6. The average molecular weight is 386 g/mol. The van der Waals surface area contributed by atoms with E-state index < -0.39 is 5.97 Å². The number of fused-ring (bicyclic) bond motifs is 1. The summed E-state index contributed by atoms with van der Waals surface area (Å²) < 4.78 is 6.47. The maximum Gasteiger partial charge on any atom is 0.337 e. The highest BCUT2D eigenvalue weighted by Crippen LogP contribution is 2.22. The highest BCUT2D eigenvalue weighted by Gasteiger charge is 2.10. The summed E-state index contributed by atoms with van der Waals surface area (Å²) in [4.78, 5) is 11.3. The van der Waals surface area contributed by atoms with Gasteiger partial charge in [0, 0.05) is 16.7 Å². The molecule has 2 N–H and O–H groups in total. The van der Waals surface area contributed by atoms with Crippen LogP contribution in [0, 0.1) is 0 Å². The number of nitrogens with one attached hydrogen (secondary N) is 1. The maximum atomic E-state index is 11.3. The monoisotopic (exact) mass is 385 g/mol. The van der Waals surface area contributed by atoms with Crippen LogP contribution in [0.2, 0.25) is 0 Å². The first-order chi connectivity index (χ1) is 11.6. The summed E-state index contributed by atoms with van der Waals surface area (Å²) in [7, 11) is 0. The second-order valence-corrected chi connectivity index (χ2v) is 6.19. The lowest BCUT2D eigenvalue weighted by molar-refractivity contribution is 0.0698. The number of hydrogen-bond acceptors (Lipinski definition) is 3. The number of carboxylic acid groups (broad SMARTS) is 1. The Balaban J connectivity index is 1.59. The zero-order valence-corrected chi connectivity index (χ0v) is 14.4. The highest BCUT2D eigenvalue weighted by atomic mass is 79.9. The SMILES string of the molecule is O=C(O)c1cc(Br)ccc1NCCOc1ccc2ccccc2c1. The molecule has 0 unspecified atom stereocenters. The molecule has 0 atom stereocenters. The van der Waals surface area contributed by atoms with Crippen LogP contribution >= 0.6 is 15.9 Å². The van der Waals surface area contributed by atoms with Gasteiger partial charge in [-0.3, -0.25) is 0 Å². The maximum absolute atomic E-state index is 11.3. The zero-order valence-electron chi connectivity index (χ0n) is 12.8. The Kier molecular flexibility index (Phi) is 5.01. The summed E-state index contributed by atoms with van der Waals surface area (Å²) in [5.41, 5.74) is 0.808. The molecule has 3 aromatic carbocycles. The number of carbonyl (C=O) groups is 1. The smallest absolute Gasteiger partial charge is 0.337 e. The molecule has 0 spiro atoms. The summed E-state index contributed by atoms with van der Waals surface area (Å²) in [5.74, 6) is -0.168. The minimum atomic E-state index is -0.964. The minimum Gasteiger partial charge on any atom is -0.492 e. The molecule has 0 aliphatic carbocycles. The zero-order chi connectivity index (χ0) is 16.9. The number of rotatable bonds is 6. The lowest BCUT2D eigenvalue weighted by Crippen LogP contribution is -2.14. The molecule has 0 aliphatic rings. The molecule has 0 aliphatic heterocycles. The lowest BCUT2D eigenvalue weighted by atomic mass is 10.1. The van der Waals surface area contributed by atoms with Crippen molar-refractivity contribution in [3.8, 4) is 5.75 Å². The van der Waals surface area contributed by atoms with E-state index in [2.05, 4.69) is 27.3 Å². The standard InChI is InChI=1S/C19H16BrNO3/c20-15-6-8-18(17(12-15)19(22)23)21-9-10-24-16-7-5-13-3-1-2-4-14(13)11-16/h1-8,11-12,21H,9-10H2,(H,22,23). The van der Waals surface area contributed by atoms with E-state index in [1.165, 1.54) is 5.39 Å². The van der Waals surface area contributed by atoms with Crippen molar-refractivity contribution in [1.82, 2.24) is 0 Å². The van der Waals surface area contributed by atoms with Crippen molar-refractivity contribution >= 4 is 38.4 Å². The normalized spacial score (nSPS) is 10.5. The Hall–Kier alpha value is -2.53. The number of halogens is 1. The molecule has 4 nitrogen and oxygen atoms in total. The van der Waals surface area contributed by atoms with Crippen LogP contribution in [0.4, 0.5) is 5.69 Å². The molecule has 0 bridgehead atoms. The lowest BCUT2D eigenvalue weighted by Gasteiger charge is -2.11. The van der Waals surface area contributed by atoms with Crippen LogP contribution in [0.1, 0.15) is 10.4 Å². The van der Waals surface area contributed by atoms with Gasteiger partial charge in [0.2, 0.25) is 0 Å². The molecule has 0 fully saturated rings. The molecule has 0 aromatic heterocycles. The first kappa shape index (κ1) is 16.3. The van der Waals surface area contributed by atoms with E-state index in [4.69, 9.17) is 4.74 Å². The first-order valence-corrected chi connectivity index (χ1v) is 8.31. The van der Waals surface area contributed by atoms with Gasteiger partial charge in [0.05, 0.1) is 5.56 Å². The van der Waals surface area contributed by atoms with E-state index >= 15 is 0 Å². The third kappa shape index (κ3) is 3.86. The molecule has 0 radical (unpaired) electrons. The van der Waals surface area contributed by atoms with Crippen LogP contribution in [0.5, 0.6) is 5.75 Å². The summed E-state index contributed by atoms with van der Waals surface area (Å²) >= 11 is 3.28. The summed E-state index contributed by atoms with van der Waals surface area (Å²) in [6, 6.07) is 19.2. The van der Waals surface area contributed by atoms with Crippen molar-refractivity contribution in [2.45, 2.75) is 0 Å². The third-order valence-corrected chi connectivity index (χ3v) is 4.11. The summed E-state index contributed by atoms with van der Waals surface area (Å²) in [6.45, 7) is 0.947. The molecular formula is C19H16BrNO3. The number of hydrogen-bond donors (Lipinski definition) is 2. The number of carboxylic acids is 1. The predicted octanol–water partition coefficient (Wildman–Crippen LogP) is 4.79. The fraction of sp³-hybridized carbons (Fsp3) is 0.105. The summed E-state index contributed by atoms with van der Waals surface area (Å²) in [6.07, 6.45) is 0. The Morgan fingerprint density at radius 1 is 1.04 bits per heavy atom. The number of aromatic carboxylic acids is 1. The van der Waals surface area contributed by atoms with Crippen molar-refractivity contribution in [2.75, 3.05) is 18.5 Å². The van der Waals surface area contributed by atoms with Crippen LogP contribution in [-0.4, -0.2) is 24.2 Å². The number of anilines is 1. The molecular weight excluding hydrogens is 370 g/mol. The van der Waals surface area contributed by atoms with Gasteiger partial charge in [-0.25, -0.2) is 4.79 Å². The van der Waals surface area contributed by atoms with Gasteiger partial charge in [-0.2, -0.15) is 0 Å². The van der Waals surface area contributed by atoms with Gasteiger partial charge in [-0.05, 0) is 41.1 Å². The highest BCUT2D eigenvalue weighted by molar-refractivity contribution is 9.10. The van der Waals surface area contributed by atoms with Crippen molar-refractivity contribution in [2.24, 2.45) is 0 Å². The molecule has 3 rings (SSSR count). The molecule has 0 heterocycles. The number of benzene rings is 3. The topological polar surface area (TPSA) is 58.6 Å². The minimum absolute atomic E-state index is 0.232. The van der Waals surface area contributed by atoms with Crippen LogP contribution in [0.25, 0.3) is 10.8 Å². The van der Waals surface area contributed by atoms with Gasteiger partial charge < -0.3 is 15.2 Å². The molecule has 5 heteroatoms. The first-order valence-electron chi connectivity index (χ1n) is 7.52. The molecule has 122 valence electrons. The average Bonchev–Trinajstić information content (AvgIpc) is 2.59. The Bertz CT molecular complexity index is 879. The van der Waals surface area contributed by atoms with Gasteiger partial charge in [0.25, 0.3) is 0 Å². The van der Waals surface area contributed by atoms with Crippen LogP contribution in [0.3, 0.4) is 0 Å². The molecule has 3 aromatic rings. The molecule has 0 amide bonds. The van der Waals surface area contributed by atoms with Gasteiger partial charge >= 0.3 is 5.97 Å². The number of ether oxygens (including phenoxy) is 1. The second-order valence-electron chi connectivity index (χ2n) is 5.28. The van der Waals surface area contributed by atoms with Crippen molar-refractivity contribution in [3.63, 3.8) is 0 Å². The predicted molar refractivity (Wildman–Crippen MR) is 99.0 cm³/mol. The van der Waals surface area contributed by atoms with Gasteiger partial charge in [0.15, 0.2) is 0 Å². The Labute approximate surface area is 148 Å². The second kappa shape index (κ2) is 7.36. The van der Waals surface area contributed by atoms with E-state index in [0.717, 1.165) is 15.6 Å². The van der Waals surface area contributed by atoms with E-state index in [9.17, 15) is 9.90 Å². The molecule has 24 heavy (non-hydrogen) atoms. The van der Waals surface area contributed by atoms with Gasteiger partial charge in [-0.15, -0.1) is 0 Å². The third-order valence-electron chi connectivity index (χ3n) is 3.62. The van der Waals surface area contributed by atoms with Crippen LogP contribution in [-0.2, 0) is 0 Å². The molecule has 0 saturated heterocycles. The van der Waals surface area contributed by atoms with Crippen molar-refractivity contribution in [3.05, 3.63) is 70.7 Å². The van der Waals surface area contributed by atoms with Gasteiger partial charge in [0.1, 0.15) is 12.4 Å². The van der Waals surface area contributed by atoms with E-state index in [0.29, 0.717) is 18.8 Å². The largest absolute Gasteiger partial charge is 0.492 e. The van der Waals surface area contributed by atoms with Crippen molar-refractivity contribution < 1.29 is 14.6 Å². The van der Waals surface area contributed by atoms with Gasteiger partial charge in [-0.1, -0.05) is 46.3 Å². The Morgan fingerprint density at radius 2 is 1.83 bits per heavy atom. The van der Waals surface area contributed by atoms with Crippen LogP contribution in [0.15, 0.2) is 65.1 Å². The molecule has 0 saturated carbocycles. The fourth-order valence-corrected chi connectivity index (χ4v) is 2.82. The Morgan fingerprint density at radius 3 is 2.62 bits per heavy atom. The van der Waals surface area contributed by atoms with Crippen LogP contribution < -0.4 is 10.1 Å². The van der Waals surface area contributed by atoms with E-state index in [1.54, 1.807) is 18.2 Å². The fourth-order valence-electron chi connectivity index (χ4n) is 2.46. The van der Waals surface area contributed by atoms with E-state index in [-0.39, 0.29) is 5.56 Å². The van der Waals surface area contributed by atoms with Crippen molar-refractivity contribution in [1.29, 1.82) is 0 Å².